The summed E-state index contributed by atoms with van der Waals surface area (Å²) in [4.78, 5) is 15.1. The van der Waals surface area contributed by atoms with Crippen molar-refractivity contribution >= 4 is 27.7 Å². The molecule has 1 heterocycles. The maximum absolute atomic E-state index is 12.8. The minimum Gasteiger partial charge on any atom is -0.383 e. The van der Waals surface area contributed by atoms with Gasteiger partial charge >= 0.3 is 6.18 Å². The molecule has 1 rings (SSSR count). The molecule has 1 aromatic rings. The summed E-state index contributed by atoms with van der Waals surface area (Å²) >= 11 is 2.95. The Hall–Kier alpha value is -1.35. The number of ether oxygens (including phenoxy) is 1. The zero-order chi connectivity index (χ0) is 15.9. The van der Waals surface area contributed by atoms with Crippen LogP contribution in [0.2, 0.25) is 0 Å². The van der Waals surface area contributed by atoms with Gasteiger partial charge in [-0.3, -0.25) is 4.79 Å². The summed E-state index contributed by atoms with van der Waals surface area (Å²) in [5.41, 5.74) is -0.878. The van der Waals surface area contributed by atoms with Crippen molar-refractivity contribution in [2.24, 2.45) is 0 Å². The van der Waals surface area contributed by atoms with E-state index in [4.69, 9.17) is 4.74 Å². The van der Waals surface area contributed by atoms with Crippen molar-refractivity contribution in [3.63, 3.8) is 0 Å². The Morgan fingerprint density at radius 3 is 2.76 bits per heavy atom. The third-order valence-electron chi connectivity index (χ3n) is 2.43. The molecule has 0 saturated heterocycles. The van der Waals surface area contributed by atoms with Crippen LogP contribution in [-0.2, 0) is 15.7 Å². The number of methoxy groups -OCH3 is 1. The van der Waals surface area contributed by atoms with Crippen molar-refractivity contribution in [3.05, 3.63) is 22.3 Å². The number of aromatic nitrogens is 1. The predicted molar refractivity (Wildman–Crippen MR) is 74.9 cm³/mol. The van der Waals surface area contributed by atoms with Crippen LogP contribution in [0.3, 0.4) is 0 Å². The fourth-order valence-corrected chi connectivity index (χ4v) is 1.80. The van der Waals surface area contributed by atoms with Gasteiger partial charge in [-0.15, -0.1) is 0 Å². The number of carbonyl (C=O) groups excluding carboxylic acids is 1. The lowest BCUT2D eigenvalue weighted by Gasteiger charge is -2.13. The average Bonchev–Trinajstić information content (AvgIpc) is 2.39. The molecule has 118 valence electrons. The number of nitrogens with zero attached hydrogens (tertiary/aromatic N) is 1. The maximum Gasteiger partial charge on any atom is 0.419 e. The fraction of sp³-hybridized carbons (Fsp3) is 0.500. The number of carbonyl (C=O) groups is 1. The highest BCUT2D eigenvalue weighted by Crippen LogP contribution is 2.35. The lowest BCUT2D eigenvalue weighted by molar-refractivity contribution is -0.137. The van der Waals surface area contributed by atoms with Crippen LogP contribution in [0, 0.1) is 0 Å². The highest BCUT2D eigenvalue weighted by atomic mass is 79.9. The highest BCUT2D eigenvalue weighted by Gasteiger charge is 2.34. The van der Waals surface area contributed by atoms with Crippen LogP contribution in [-0.4, -0.2) is 37.7 Å². The molecule has 1 amide bonds. The van der Waals surface area contributed by atoms with E-state index in [1.807, 2.05) is 0 Å². The molecule has 0 bridgehead atoms. The van der Waals surface area contributed by atoms with E-state index < -0.39 is 11.7 Å². The summed E-state index contributed by atoms with van der Waals surface area (Å²) in [5.74, 6) is -0.569. The molecule has 0 aliphatic rings. The minimum absolute atomic E-state index is 0.0404. The topological polar surface area (TPSA) is 63.2 Å². The quantitative estimate of drug-likeness (QED) is 0.724. The first kappa shape index (κ1) is 17.7. The summed E-state index contributed by atoms with van der Waals surface area (Å²) in [7, 11) is 1.51. The molecule has 5 nitrogen and oxygen atoms in total. The lowest BCUT2D eigenvalue weighted by Crippen LogP contribution is -2.28. The second kappa shape index (κ2) is 8.18. The van der Waals surface area contributed by atoms with E-state index in [1.165, 1.54) is 13.3 Å². The lowest BCUT2D eigenvalue weighted by atomic mass is 10.2. The molecule has 0 atom stereocenters. The van der Waals surface area contributed by atoms with E-state index in [9.17, 15) is 18.0 Å². The second-order valence-electron chi connectivity index (χ2n) is 4.07. The molecule has 0 spiro atoms. The van der Waals surface area contributed by atoms with E-state index in [-0.39, 0.29) is 29.2 Å². The molecule has 0 aromatic carbocycles. The van der Waals surface area contributed by atoms with Gasteiger partial charge in [-0.1, -0.05) is 0 Å². The zero-order valence-electron chi connectivity index (χ0n) is 11.3. The molecular formula is C12H15BrF3N3O2. The number of pyridine rings is 1. The Bertz CT molecular complexity index is 483. The summed E-state index contributed by atoms with van der Waals surface area (Å²) in [6, 6.07) is 0.938. The van der Waals surface area contributed by atoms with E-state index in [2.05, 4.69) is 31.5 Å². The number of halogens is 4. The summed E-state index contributed by atoms with van der Waals surface area (Å²) in [5, 5.41) is 5.09. The molecule has 0 aliphatic heterocycles. The SMILES string of the molecule is COCCNC(=O)CCNc1ncc(Br)cc1C(F)(F)F. The van der Waals surface area contributed by atoms with Crippen LogP contribution in [0.1, 0.15) is 12.0 Å². The molecule has 0 fully saturated rings. The van der Waals surface area contributed by atoms with Gasteiger partial charge < -0.3 is 15.4 Å². The largest absolute Gasteiger partial charge is 0.419 e. The van der Waals surface area contributed by atoms with Crippen LogP contribution < -0.4 is 10.6 Å². The standard InChI is InChI=1S/C12H15BrF3N3O2/c1-21-5-4-17-10(20)2-3-18-11-9(12(14,15)16)6-8(13)7-19-11/h6-7H,2-5H2,1H3,(H,17,20)(H,18,19). The summed E-state index contributed by atoms with van der Waals surface area (Å²) < 4.78 is 43.5. The molecule has 0 aliphatic carbocycles. The Labute approximate surface area is 128 Å². The van der Waals surface area contributed by atoms with Gasteiger partial charge in [0, 0.05) is 37.3 Å². The number of anilines is 1. The molecule has 0 unspecified atom stereocenters. The molecule has 9 heteroatoms. The number of amides is 1. The average molecular weight is 370 g/mol. The van der Waals surface area contributed by atoms with Crippen LogP contribution in [0.15, 0.2) is 16.7 Å². The molecular weight excluding hydrogens is 355 g/mol. The van der Waals surface area contributed by atoms with Gasteiger partial charge in [-0.05, 0) is 22.0 Å². The molecule has 2 N–H and O–H groups in total. The monoisotopic (exact) mass is 369 g/mol. The van der Waals surface area contributed by atoms with E-state index in [1.54, 1.807) is 0 Å². The summed E-state index contributed by atoms with van der Waals surface area (Å²) in [6.45, 7) is 0.794. The van der Waals surface area contributed by atoms with Crippen LogP contribution >= 0.6 is 15.9 Å². The highest BCUT2D eigenvalue weighted by molar-refractivity contribution is 9.10. The van der Waals surface area contributed by atoms with Gasteiger partial charge in [-0.25, -0.2) is 4.98 Å². The summed E-state index contributed by atoms with van der Waals surface area (Å²) in [6.07, 6.45) is -3.21. The Morgan fingerprint density at radius 2 is 2.14 bits per heavy atom. The van der Waals surface area contributed by atoms with Crippen molar-refractivity contribution in [3.8, 4) is 0 Å². The van der Waals surface area contributed by atoms with E-state index in [0.29, 0.717) is 13.2 Å². The first-order valence-electron chi connectivity index (χ1n) is 6.07. The van der Waals surface area contributed by atoms with Gasteiger partial charge in [-0.2, -0.15) is 13.2 Å². The van der Waals surface area contributed by atoms with Gasteiger partial charge in [0.1, 0.15) is 5.82 Å². The second-order valence-corrected chi connectivity index (χ2v) is 4.98. The Kier molecular flexibility index (Phi) is 6.90. The van der Waals surface area contributed by atoms with E-state index in [0.717, 1.165) is 6.07 Å². The van der Waals surface area contributed by atoms with Crippen molar-refractivity contribution in [1.82, 2.24) is 10.3 Å². The number of hydrogen-bond acceptors (Lipinski definition) is 4. The number of hydrogen-bond donors (Lipinski definition) is 2. The first-order chi connectivity index (χ1) is 9.84. The van der Waals surface area contributed by atoms with Crippen LogP contribution in [0.25, 0.3) is 0 Å². The van der Waals surface area contributed by atoms with Crippen molar-refractivity contribution in [2.75, 3.05) is 32.1 Å². The molecule has 0 radical (unpaired) electrons. The fourth-order valence-electron chi connectivity index (χ4n) is 1.47. The van der Waals surface area contributed by atoms with Crippen LogP contribution in [0.5, 0.6) is 0 Å². The van der Waals surface area contributed by atoms with Crippen molar-refractivity contribution < 1.29 is 22.7 Å². The van der Waals surface area contributed by atoms with E-state index >= 15 is 0 Å². The molecule has 0 saturated carbocycles. The van der Waals surface area contributed by atoms with Gasteiger partial charge in [0.05, 0.1) is 12.2 Å². The minimum atomic E-state index is -4.51. The first-order valence-corrected chi connectivity index (χ1v) is 6.86. The number of rotatable bonds is 7. The smallest absolute Gasteiger partial charge is 0.383 e. The molecule has 1 aromatic heterocycles. The Morgan fingerprint density at radius 1 is 1.43 bits per heavy atom. The third-order valence-corrected chi connectivity index (χ3v) is 2.87. The number of alkyl halides is 3. The normalized spacial score (nSPS) is 11.3. The van der Waals surface area contributed by atoms with Gasteiger partial charge in [0.2, 0.25) is 5.91 Å². The van der Waals surface area contributed by atoms with Crippen LogP contribution in [0.4, 0.5) is 19.0 Å². The van der Waals surface area contributed by atoms with Crippen molar-refractivity contribution in [1.29, 1.82) is 0 Å². The Balaban J connectivity index is 2.54. The predicted octanol–water partition coefficient (Wildman–Crippen LogP) is 2.43. The number of nitrogens with one attached hydrogen (secondary N) is 2. The molecule has 21 heavy (non-hydrogen) atoms. The third kappa shape index (κ3) is 6.30. The zero-order valence-corrected chi connectivity index (χ0v) is 12.8. The maximum atomic E-state index is 12.8. The van der Waals surface area contributed by atoms with Crippen molar-refractivity contribution in [2.45, 2.75) is 12.6 Å². The van der Waals surface area contributed by atoms with Gasteiger partial charge in [0.15, 0.2) is 0 Å². The van der Waals surface area contributed by atoms with Gasteiger partial charge in [0.25, 0.3) is 0 Å².